The summed E-state index contributed by atoms with van der Waals surface area (Å²) in [5.74, 6) is -0.402. The van der Waals surface area contributed by atoms with Gasteiger partial charge in [-0.05, 0) is 38.1 Å². The Labute approximate surface area is 153 Å². The lowest BCUT2D eigenvalue weighted by Crippen LogP contribution is -2.45. The third-order valence-electron chi connectivity index (χ3n) is 3.87. The molecule has 2 rings (SSSR count). The first-order valence-electron chi connectivity index (χ1n) is 7.91. The van der Waals surface area contributed by atoms with Gasteiger partial charge in [0.15, 0.2) is 0 Å². The molecule has 1 amide bonds. The molecule has 2 aromatic rings. The zero-order valence-corrected chi connectivity index (χ0v) is 15.9. The summed E-state index contributed by atoms with van der Waals surface area (Å²) in [6.45, 7) is 5.34. The van der Waals surface area contributed by atoms with Crippen LogP contribution >= 0.6 is 11.6 Å². The predicted octanol–water partition coefficient (Wildman–Crippen LogP) is 3.69. The highest BCUT2D eigenvalue weighted by atomic mass is 35.5. The molecule has 1 N–H and O–H groups in total. The van der Waals surface area contributed by atoms with E-state index in [0.29, 0.717) is 5.69 Å². The number of rotatable bonds is 6. The largest absolute Gasteiger partial charge is 0.325 e. The molecule has 0 aliphatic carbocycles. The second-order valence-electron chi connectivity index (χ2n) is 5.67. The fourth-order valence-corrected chi connectivity index (χ4v) is 4.54. The lowest BCUT2D eigenvalue weighted by Gasteiger charge is -2.26. The molecule has 0 radical (unpaired) electrons. The number of carbonyl (C=O) groups excluding carboxylic acids is 1. The van der Waals surface area contributed by atoms with Crippen molar-refractivity contribution in [2.45, 2.75) is 31.7 Å². The van der Waals surface area contributed by atoms with Gasteiger partial charge in [0.05, 0.1) is 5.02 Å². The molecular weight excluding hydrogens is 360 g/mol. The maximum Gasteiger partial charge on any atom is 0.245 e. The number of benzene rings is 2. The van der Waals surface area contributed by atoms with Crippen LogP contribution in [0.5, 0.6) is 0 Å². The predicted molar refractivity (Wildman–Crippen MR) is 100 cm³/mol. The SMILES string of the molecule is CCN(C(C)C(=O)Nc1ccc(C)cc1)S(=O)(=O)c1ccccc1Cl. The highest BCUT2D eigenvalue weighted by molar-refractivity contribution is 7.89. The fourth-order valence-electron chi connectivity index (χ4n) is 2.45. The Morgan fingerprint density at radius 1 is 1.16 bits per heavy atom. The first kappa shape index (κ1) is 19.4. The van der Waals surface area contributed by atoms with Crippen molar-refractivity contribution in [2.75, 3.05) is 11.9 Å². The number of nitrogens with one attached hydrogen (secondary N) is 1. The molecule has 7 heteroatoms. The van der Waals surface area contributed by atoms with E-state index in [0.717, 1.165) is 9.87 Å². The normalized spacial score (nSPS) is 12.8. The zero-order chi connectivity index (χ0) is 18.6. The van der Waals surface area contributed by atoms with Crippen molar-refractivity contribution in [2.24, 2.45) is 0 Å². The number of halogens is 1. The minimum Gasteiger partial charge on any atom is -0.325 e. The van der Waals surface area contributed by atoms with Crippen molar-refractivity contribution >= 4 is 33.2 Å². The second kappa shape index (κ2) is 7.99. The van der Waals surface area contributed by atoms with Crippen molar-refractivity contribution in [3.8, 4) is 0 Å². The number of amides is 1. The summed E-state index contributed by atoms with van der Waals surface area (Å²) in [6, 6.07) is 12.6. The minimum absolute atomic E-state index is 0.00602. The van der Waals surface area contributed by atoms with Crippen molar-refractivity contribution in [1.29, 1.82) is 0 Å². The van der Waals surface area contributed by atoms with Crippen LogP contribution < -0.4 is 5.32 Å². The average molecular weight is 381 g/mol. The summed E-state index contributed by atoms with van der Waals surface area (Å²) in [4.78, 5) is 12.5. The van der Waals surface area contributed by atoms with Crippen LogP contribution in [-0.4, -0.2) is 31.2 Å². The molecule has 0 spiro atoms. The molecule has 2 aromatic carbocycles. The monoisotopic (exact) mass is 380 g/mol. The Balaban J connectivity index is 2.25. The van der Waals surface area contributed by atoms with Gasteiger partial charge in [-0.15, -0.1) is 0 Å². The number of anilines is 1. The molecule has 0 bridgehead atoms. The number of sulfonamides is 1. The van der Waals surface area contributed by atoms with Crippen LogP contribution in [0.3, 0.4) is 0 Å². The van der Waals surface area contributed by atoms with E-state index in [9.17, 15) is 13.2 Å². The van der Waals surface area contributed by atoms with E-state index in [2.05, 4.69) is 5.32 Å². The fraction of sp³-hybridized carbons (Fsp3) is 0.278. The van der Waals surface area contributed by atoms with Crippen LogP contribution in [0.1, 0.15) is 19.4 Å². The Kier molecular flexibility index (Phi) is 6.21. The number of carbonyl (C=O) groups is 1. The van der Waals surface area contributed by atoms with E-state index in [-0.39, 0.29) is 16.5 Å². The smallest absolute Gasteiger partial charge is 0.245 e. The van der Waals surface area contributed by atoms with Gasteiger partial charge in [0.2, 0.25) is 15.9 Å². The van der Waals surface area contributed by atoms with Gasteiger partial charge in [0.25, 0.3) is 0 Å². The standard InChI is InChI=1S/C18H21ClN2O3S/c1-4-21(25(23,24)17-8-6-5-7-16(17)19)14(3)18(22)20-15-11-9-13(2)10-12-15/h5-12,14H,4H2,1-3H3,(H,20,22). The summed E-state index contributed by atoms with van der Waals surface area (Å²) >= 11 is 6.03. The summed E-state index contributed by atoms with van der Waals surface area (Å²) < 4.78 is 26.9. The maximum atomic E-state index is 12.9. The highest BCUT2D eigenvalue weighted by Gasteiger charge is 2.33. The van der Waals surface area contributed by atoms with Gasteiger partial charge in [-0.3, -0.25) is 4.79 Å². The molecule has 0 heterocycles. The number of nitrogens with zero attached hydrogens (tertiary/aromatic N) is 1. The Hall–Kier alpha value is -1.89. The average Bonchev–Trinajstić information content (AvgIpc) is 2.57. The van der Waals surface area contributed by atoms with Crippen molar-refractivity contribution in [1.82, 2.24) is 4.31 Å². The highest BCUT2D eigenvalue weighted by Crippen LogP contribution is 2.25. The van der Waals surface area contributed by atoms with Crippen molar-refractivity contribution < 1.29 is 13.2 Å². The Morgan fingerprint density at radius 3 is 2.32 bits per heavy atom. The van der Waals surface area contributed by atoms with E-state index in [1.807, 2.05) is 19.1 Å². The quantitative estimate of drug-likeness (QED) is 0.831. The molecule has 134 valence electrons. The topological polar surface area (TPSA) is 66.5 Å². The number of aryl methyl sites for hydroxylation is 1. The molecule has 0 aromatic heterocycles. The molecule has 5 nitrogen and oxygen atoms in total. The van der Waals surface area contributed by atoms with Gasteiger partial charge < -0.3 is 5.32 Å². The molecule has 1 atom stereocenters. The van der Waals surface area contributed by atoms with E-state index in [1.165, 1.54) is 12.1 Å². The Bertz CT molecular complexity index is 851. The molecule has 0 aliphatic heterocycles. The lowest BCUT2D eigenvalue weighted by molar-refractivity contribution is -0.119. The maximum absolute atomic E-state index is 12.9. The van der Waals surface area contributed by atoms with Crippen LogP contribution in [0.4, 0.5) is 5.69 Å². The van der Waals surface area contributed by atoms with Crippen LogP contribution in [-0.2, 0) is 14.8 Å². The summed E-state index contributed by atoms with van der Waals surface area (Å²) in [7, 11) is -3.88. The minimum atomic E-state index is -3.88. The molecule has 0 saturated carbocycles. The van der Waals surface area contributed by atoms with Crippen LogP contribution in [0.2, 0.25) is 5.02 Å². The van der Waals surface area contributed by atoms with Gasteiger partial charge in [0.1, 0.15) is 10.9 Å². The lowest BCUT2D eigenvalue weighted by atomic mass is 10.2. The van der Waals surface area contributed by atoms with Crippen LogP contribution in [0, 0.1) is 6.92 Å². The first-order valence-corrected chi connectivity index (χ1v) is 9.73. The van der Waals surface area contributed by atoms with Gasteiger partial charge in [0, 0.05) is 12.2 Å². The second-order valence-corrected chi connectivity index (χ2v) is 7.94. The first-order chi connectivity index (χ1) is 11.8. The molecule has 25 heavy (non-hydrogen) atoms. The Morgan fingerprint density at radius 2 is 1.76 bits per heavy atom. The van der Waals surface area contributed by atoms with Crippen LogP contribution in [0.15, 0.2) is 53.4 Å². The third kappa shape index (κ3) is 4.39. The number of likely N-dealkylation sites (N-methyl/N-ethyl adjacent to an activating group) is 1. The molecule has 0 saturated heterocycles. The van der Waals surface area contributed by atoms with Gasteiger partial charge >= 0.3 is 0 Å². The van der Waals surface area contributed by atoms with E-state index in [1.54, 1.807) is 38.1 Å². The molecule has 1 unspecified atom stereocenters. The number of hydrogen-bond donors (Lipinski definition) is 1. The van der Waals surface area contributed by atoms with Crippen LogP contribution in [0.25, 0.3) is 0 Å². The molecular formula is C18H21ClN2O3S. The van der Waals surface area contributed by atoms with Crippen molar-refractivity contribution in [3.63, 3.8) is 0 Å². The van der Waals surface area contributed by atoms with Crippen molar-refractivity contribution in [3.05, 3.63) is 59.1 Å². The van der Waals surface area contributed by atoms with E-state index >= 15 is 0 Å². The van der Waals surface area contributed by atoms with E-state index in [4.69, 9.17) is 11.6 Å². The summed E-state index contributed by atoms with van der Waals surface area (Å²) in [6.07, 6.45) is 0. The van der Waals surface area contributed by atoms with Gasteiger partial charge in [-0.2, -0.15) is 4.31 Å². The van der Waals surface area contributed by atoms with Gasteiger partial charge in [-0.25, -0.2) is 8.42 Å². The molecule has 0 aliphatic rings. The number of hydrogen-bond acceptors (Lipinski definition) is 3. The summed E-state index contributed by atoms with van der Waals surface area (Å²) in [5.41, 5.74) is 1.69. The molecule has 0 fully saturated rings. The summed E-state index contributed by atoms with van der Waals surface area (Å²) in [5, 5.41) is 2.88. The van der Waals surface area contributed by atoms with Gasteiger partial charge in [-0.1, -0.05) is 48.4 Å². The third-order valence-corrected chi connectivity index (χ3v) is 6.41. The van der Waals surface area contributed by atoms with E-state index < -0.39 is 22.0 Å². The zero-order valence-electron chi connectivity index (χ0n) is 14.4.